The first-order chi connectivity index (χ1) is 26.8. The number of benzene rings is 2. The molecular formula is C40H39Cl2N8O6+. The summed E-state index contributed by atoms with van der Waals surface area (Å²) in [5, 5.41) is 15.3. The molecule has 1 aliphatic heterocycles. The van der Waals surface area contributed by atoms with Crippen LogP contribution >= 0.6 is 23.2 Å². The molecule has 0 spiro atoms. The van der Waals surface area contributed by atoms with Crippen LogP contribution in [0, 0.1) is 10.1 Å². The van der Waals surface area contributed by atoms with E-state index in [9.17, 15) is 19.7 Å². The van der Waals surface area contributed by atoms with E-state index in [2.05, 4.69) is 20.3 Å². The van der Waals surface area contributed by atoms with E-state index >= 15 is 0 Å². The zero-order chi connectivity index (χ0) is 40.1. The maximum Gasteiger partial charge on any atom is 0.368 e. The summed E-state index contributed by atoms with van der Waals surface area (Å²) < 4.78 is 13.0. The van der Waals surface area contributed by atoms with E-state index in [4.69, 9.17) is 37.7 Å². The third-order valence-corrected chi connectivity index (χ3v) is 10.1. The van der Waals surface area contributed by atoms with Gasteiger partial charge < -0.3 is 29.4 Å². The second kappa shape index (κ2) is 16.8. The summed E-state index contributed by atoms with van der Waals surface area (Å²) in [6, 6.07) is 13.6. The molecule has 288 valence electrons. The number of ketones is 1. The third-order valence-electron chi connectivity index (χ3n) is 9.31. The molecule has 0 aliphatic carbocycles. The maximum absolute atomic E-state index is 14.8. The van der Waals surface area contributed by atoms with Crippen LogP contribution in [0.3, 0.4) is 0 Å². The SMILES string of the molecule is COc1cc(OC)c(Cl)c(-c2cc3cnc(Nc4ccncc4)nc3n(C(C)c3cccc(CC(=O)/C=C/C[N+](C)(C)CC4=C([N+](=O)[O-])N=CC4)c3)c2=O)c1Cl. The third kappa shape index (κ3) is 8.62. The molecule has 1 atom stereocenters. The second-order valence-electron chi connectivity index (χ2n) is 13.8. The van der Waals surface area contributed by atoms with Crippen molar-refractivity contribution in [1.82, 2.24) is 19.5 Å². The molecule has 3 aromatic heterocycles. The van der Waals surface area contributed by atoms with Crippen LogP contribution in [-0.2, 0) is 11.2 Å². The Balaban J connectivity index is 1.34. The van der Waals surface area contributed by atoms with Crippen LogP contribution in [0.1, 0.15) is 30.5 Å². The highest BCUT2D eigenvalue weighted by Gasteiger charge is 2.29. The van der Waals surface area contributed by atoms with Gasteiger partial charge in [-0.15, -0.1) is 0 Å². The van der Waals surface area contributed by atoms with Gasteiger partial charge >= 0.3 is 5.82 Å². The van der Waals surface area contributed by atoms with Crippen molar-refractivity contribution >= 4 is 57.9 Å². The van der Waals surface area contributed by atoms with Crippen molar-refractivity contribution in [1.29, 1.82) is 0 Å². The number of anilines is 2. The second-order valence-corrected chi connectivity index (χ2v) is 14.5. The van der Waals surface area contributed by atoms with Gasteiger partial charge in [-0.2, -0.15) is 4.98 Å². The number of hydrogen-bond acceptors (Lipinski definition) is 11. The highest BCUT2D eigenvalue weighted by atomic mass is 35.5. The molecule has 0 fully saturated rings. The zero-order valence-corrected chi connectivity index (χ0v) is 32.8. The van der Waals surface area contributed by atoms with Crippen molar-refractivity contribution in [3.05, 3.63) is 132 Å². The Morgan fingerprint density at radius 1 is 1.09 bits per heavy atom. The fraction of sp³-hybridized carbons (Fsp3) is 0.250. The number of pyridine rings is 2. The molecule has 2 aromatic carbocycles. The summed E-state index contributed by atoms with van der Waals surface area (Å²) in [5.41, 5.74) is 3.17. The number of fused-ring (bicyclic) bond motifs is 1. The first-order valence-electron chi connectivity index (χ1n) is 17.5. The molecule has 1 aliphatic rings. The molecule has 16 heteroatoms. The molecule has 1 N–H and O–H groups in total. The van der Waals surface area contributed by atoms with Gasteiger partial charge in [-0.3, -0.25) is 19.1 Å². The van der Waals surface area contributed by atoms with E-state index in [0.29, 0.717) is 46.3 Å². The topological polar surface area (TPSA) is 164 Å². The van der Waals surface area contributed by atoms with Crippen molar-refractivity contribution in [3.63, 3.8) is 0 Å². The van der Waals surface area contributed by atoms with E-state index < -0.39 is 16.5 Å². The number of allylic oxidation sites excluding steroid dienone is 1. The van der Waals surface area contributed by atoms with Gasteiger partial charge in [0.1, 0.15) is 29.9 Å². The highest BCUT2D eigenvalue weighted by molar-refractivity contribution is 6.41. The number of nitrogens with zero attached hydrogens (tertiary/aromatic N) is 7. The predicted molar refractivity (Wildman–Crippen MR) is 217 cm³/mol. The van der Waals surface area contributed by atoms with Crippen LogP contribution in [0.2, 0.25) is 10.0 Å². The Kier molecular flexibility index (Phi) is 11.9. The summed E-state index contributed by atoms with van der Waals surface area (Å²) in [6.45, 7) is 2.78. The van der Waals surface area contributed by atoms with Crippen LogP contribution in [0.25, 0.3) is 22.2 Å². The Morgan fingerprint density at radius 2 is 1.80 bits per heavy atom. The average molecular weight is 799 g/mol. The molecule has 0 radical (unpaired) electrons. The lowest BCUT2D eigenvalue weighted by Crippen LogP contribution is -2.41. The first kappa shape index (κ1) is 39.7. The largest absolute Gasteiger partial charge is 0.495 e. The molecule has 0 bridgehead atoms. The summed E-state index contributed by atoms with van der Waals surface area (Å²) in [6.07, 6.45) is 10.3. The minimum atomic E-state index is -0.597. The fourth-order valence-corrected chi connectivity index (χ4v) is 7.27. The molecule has 56 heavy (non-hydrogen) atoms. The van der Waals surface area contributed by atoms with Gasteiger partial charge in [-0.25, -0.2) is 4.98 Å². The maximum atomic E-state index is 14.8. The van der Waals surface area contributed by atoms with Crippen molar-refractivity contribution < 1.29 is 23.7 Å². The Morgan fingerprint density at radius 3 is 2.48 bits per heavy atom. The lowest BCUT2D eigenvalue weighted by atomic mass is 10.00. The summed E-state index contributed by atoms with van der Waals surface area (Å²) in [7, 11) is 6.80. The number of aliphatic imine (C=N–C) groups is 1. The number of likely N-dealkylation sites (N-methyl/N-ethyl adjacent to an activating group) is 1. The zero-order valence-electron chi connectivity index (χ0n) is 31.3. The summed E-state index contributed by atoms with van der Waals surface area (Å²) >= 11 is 13.6. The lowest BCUT2D eigenvalue weighted by molar-refractivity contribution is -0.880. The number of nitrogens with one attached hydrogen (secondary N) is 1. The van der Waals surface area contributed by atoms with Crippen LogP contribution in [0.4, 0.5) is 11.6 Å². The number of halogens is 2. The van der Waals surface area contributed by atoms with Crippen LogP contribution in [0.5, 0.6) is 11.5 Å². The molecule has 6 rings (SSSR count). The summed E-state index contributed by atoms with van der Waals surface area (Å²) in [4.78, 5) is 56.1. The number of carbonyl (C=O) groups excluding carboxylic acids is 1. The van der Waals surface area contributed by atoms with Gasteiger partial charge in [0.15, 0.2) is 5.78 Å². The van der Waals surface area contributed by atoms with E-state index in [1.54, 1.807) is 59.7 Å². The van der Waals surface area contributed by atoms with Crippen molar-refractivity contribution in [2.75, 3.05) is 46.7 Å². The molecule has 14 nitrogen and oxygen atoms in total. The van der Waals surface area contributed by atoms with Gasteiger partial charge in [0.25, 0.3) is 5.56 Å². The number of aromatic nitrogens is 4. The number of rotatable bonds is 15. The van der Waals surface area contributed by atoms with E-state index in [1.807, 2.05) is 45.3 Å². The average Bonchev–Trinajstić information content (AvgIpc) is 3.63. The van der Waals surface area contributed by atoms with E-state index in [1.165, 1.54) is 20.3 Å². The normalized spacial score (nSPS) is 13.4. The minimum absolute atomic E-state index is 0.102. The number of quaternary nitrogens is 1. The number of ether oxygens (including phenoxy) is 2. The lowest BCUT2D eigenvalue weighted by Gasteiger charge is -2.28. The molecule has 0 saturated carbocycles. The predicted octanol–water partition coefficient (Wildman–Crippen LogP) is 7.24. The van der Waals surface area contributed by atoms with Gasteiger partial charge in [0.2, 0.25) is 5.95 Å². The van der Waals surface area contributed by atoms with E-state index in [0.717, 1.165) is 11.1 Å². The number of hydrogen-bond donors (Lipinski definition) is 1. The number of nitro groups is 1. The van der Waals surface area contributed by atoms with Gasteiger partial charge in [0, 0.05) is 54.1 Å². The minimum Gasteiger partial charge on any atom is -0.495 e. The number of methoxy groups -OCH3 is 2. The van der Waals surface area contributed by atoms with Crippen LogP contribution in [-0.4, -0.2) is 82.3 Å². The van der Waals surface area contributed by atoms with Crippen LogP contribution in [0.15, 0.2) is 100 Å². The fourth-order valence-electron chi connectivity index (χ4n) is 6.56. The molecule has 0 saturated heterocycles. The van der Waals surface area contributed by atoms with Gasteiger partial charge in [-0.05, 0) is 53.3 Å². The standard InChI is InChI=1S/C40H38Cl2N8O6/c1-24(26-9-6-8-25(18-26)19-30(51)10-7-17-50(2,3)23-27-11-16-44-37(27)49(53)54)48-38-28(22-45-40(47-38)46-29-12-14-43-15-13-29)20-31(39(48)52)34-35(41)32(55-4)21-33(56-5)36(34)42/h6-10,12-16,18,20-22,24H,11,17,19,23H2,1-5H3/p+1/b10-7+. The highest BCUT2D eigenvalue weighted by Crippen LogP contribution is 2.45. The molecule has 0 amide bonds. The monoisotopic (exact) mass is 797 g/mol. The van der Waals surface area contributed by atoms with Gasteiger partial charge in [-0.1, -0.05) is 52.5 Å². The van der Waals surface area contributed by atoms with E-state index in [-0.39, 0.29) is 56.6 Å². The molecule has 1 unspecified atom stereocenters. The van der Waals surface area contributed by atoms with Gasteiger partial charge in [0.05, 0.1) is 62.1 Å². The Labute approximate surface area is 332 Å². The summed E-state index contributed by atoms with van der Waals surface area (Å²) in [5.74, 6) is 0.581. The quantitative estimate of drug-likeness (QED) is 0.0495. The molecule has 4 heterocycles. The smallest absolute Gasteiger partial charge is 0.368 e. The molecule has 5 aromatic rings. The first-order valence-corrected chi connectivity index (χ1v) is 18.2. The Bertz CT molecular complexity index is 2460. The van der Waals surface area contributed by atoms with Crippen molar-refractivity contribution in [2.24, 2.45) is 4.99 Å². The Hall–Kier alpha value is -5.96. The number of carbonyl (C=O) groups is 1. The van der Waals surface area contributed by atoms with Crippen molar-refractivity contribution in [3.8, 4) is 22.6 Å². The molecular weight excluding hydrogens is 759 g/mol. The van der Waals surface area contributed by atoms with Crippen molar-refractivity contribution in [2.45, 2.75) is 25.8 Å². The van der Waals surface area contributed by atoms with Crippen LogP contribution < -0.4 is 20.3 Å².